The van der Waals surface area contributed by atoms with E-state index in [0.717, 1.165) is 12.0 Å². The highest BCUT2D eigenvalue weighted by Gasteiger charge is 2.21. The lowest BCUT2D eigenvalue weighted by molar-refractivity contribution is 0.340. The molecule has 0 heterocycles. The van der Waals surface area contributed by atoms with Gasteiger partial charge in [0.25, 0.3) is 0 Å². The molecule has 0 spiro atoms. The molecule has 2 heteroatoms. The van der Waals surface area contributed by atoms with Crippen molar-refractivity contribution in [3.05, 3.63) is 35.9 Å². The molecule has 1 fully saturated rings. The van der Waals surface area contributed by atoms with Crippen LogP contribution in [0.2, 0.25) is 0 Å². The van der Waals surface area contributed by atoms with Crippen LogP contribution < -0.4 is 5.32 Å². The lowest BCUT2D eigenvalue weighted by atomic mass is 9.82. The number of rotatable bonds is 9. The van der Waals surface area contributed by atoms with Gasteiger partial charge in [0.15, 0.2) is 0 Å². The van der Waals surface area contributed by atoms with Crippen LogP contribution in [-0.4, -0.2) is 24.6 Å². The lowest BCUT2D eigenvalue weighted by Crippen LogP contribution is -2.33. The van der Waals surface area contributed by atoms with Crippen LogP contribution in [-0.2, 0) is 0 Å². The van der Waals surface area contributed by atoms with E-state index in [1.807, 2.05) is 11.8 Å². The third-order valence-corrected chi connectivity index (χ3v) is 5.40. The van der Waals surface area contributed by atoms with Crippen molar-refractivity contribution in [3.8, 4) is 0 Å². The highest BCUT2D eigenvalue weighted by molar-refractivity contribution is 7.98. The predicted octanol–water partition coefficient (Wildman–Crippen LogP) is 5.23. The number of hydrogen-bond donors (Lipinski definition) is 1. The van der Waals surface area contributed by atoms with E-state index in [4.69, 9.17) is 0 Å². The molecule has 2 rings (SSSR count). The Labute approximate surface area is 135 Å². The molecule has 0 amide bonds. The highest BCUT2D eigenvalue weighted by atomic mass is 32.2. The fraction of sp³-hybridized carbons (Fsp3) is 0.684. The van der Waals surface area contributed by atoms with Gasteiger partial charge in [-0.15, -0.1) is 0 Å². The van der Waals surface area contributed by atoms with Gasteiger partial charge in [0.2, 0.25) is 0 Å². The first-order valence-electron chi connectivity index (χ1n) is 8.67. The molecule has 1 aliphatic rings. The summed E-state index contributed by atoms with van der Waals surface area (Å²) in [6, 6.07) is 11.8. The fourth-order valence-corrected chi connectivity index (χ4v) is 3.88. The molecule has 1 aromatic carbocycles. The first kappa shape index (κ1) is 16.9. The summed E-state index contributed by atoms with van der Waals surface area (Å²) in [5.41, 5.74) is 1.55. The van der Waals surface area contributed by atoms with Gasteiger partial charge in [-0.05, 0) is 68.6 Å². The van der Waals surface area contributed by atoms with Gasteiger partial charge in [0.05, 0.1) is 0 Å². The summed E-state index contributed by atoms with van der Waals surface area (Å²) in [5, 5.41) is 3.78. The van der Waals surface area contributed by atoms with Crippen LogP contribution in [0.15, 0.2) is 30.3 Å². The summed E-state index contributed by atoms with van der Waals surface area (Å²) in [6.07, 6.45) is 13.2. The van der Waals surface area contributed by atoms with Crippen LogP contribution in [0.3, 0.4) is 0 Å². The smallest absolute Gasteiger partial charge is 0.00674 e. The molecule has 0 radical (unpaired) electrons. The molecular formula is C19H31NS. The predicted molar refractivity (Wildman–Crippen MR) is 96.3 cm³/mol. The maximum absolute atomic E-state index is 3.78. The molecule has 1 aliphatic carbocycles. The average molecular weight is 306 g/mol. The Bertz CT molecular complexity index is 357. The molecule has 0 saturated heterocycles. The van der Waals surface area contributed by atoms with E-state index in [9.17, 15) is 0 Å². The maximum Gasteiger partial charge on any atom is 0.00674 e. The molecule has 1 nitrogen and oxygen atoms in total. The van der Waals surface area contributed by atoms with Gasteiger partial charge >= 0.3 is 0 Å². The second-order valence-electron chi connectivity index (χ2n) is 6.32. The summed E-state index contributed by atoms with van der Waals surface area (Å²) < 4.78 is 0. The molecule has 0 bridgehead atoms. The monoisotopic (exact) mass is 305 g/mol. The molecular weight excluding hydrogens is 274 g/mol. The van der Waals surface area contributed by atoms with Crippen molar-refractivity contribution in [2.45, 2.75) is 63.3 Å². The molecule has 0 aliphatic heterocycles. The standard InChI is InChI=1S/C19H31NS/c1-21-16-8-3-2-7-15-20-19-13-11-18(12-14-19)17-9-5-4-6-10-17/h4-6,9-10,18-20H,2-3,7-8,11-16H2,1H3. The third kappa shape index (κ3) is 6.44. The molecule has 0 aromatic heterocycles. The topological polar surface area (TPSA) is 12.0 Å². The quantitative estimate of drug-likeness (QED) is 0.627. The van der Waals surface area contributed by atoms with Crippen LogP contribution in [0.4, 0.5) is 0 Å². The summed E-state index contributed by atoms with van der Waals surface area (Å²) >= 11 is 1.97. The van der Waals surface area contributed by atoms with Gasteiger partial charge in [0, 0.05) is 6.04 Å². The Morgan fingerprint density at radius 3 is 2.38 bits per heavy atom. The zero-order chi connectivity index (χ0) is 14.8. The van der Waals surface area contributed by atoms with E-state index in [1.54, 1.807) is 5.56 Å². The second kappa shape index (κ2) is 10.3. The molecule has 0 unspecified atom stereocenters. The van der Waals surface area contributed by atoms with Crippen LogP contribution in [0.25, 0.3) is 0 Å². The second-order valence-corrected chi connectivity index (χ2v) is 7.31. The Hall–Kier alpha value is -0.470. The van der Waals surface area contributed by atoms with Crippen molar-refractivity contribution >= 4 is 11.8 Å². The Balaban J connectivity index is 1.53. The molecule has 1 aromatic rings. The maximum atomic E-state index is 3.78. The Kier molecular flexibility index (Phi) is 8.28. The van der Waals surface area contributed by atoms with Crippen molar-refractivity contribution in [2.75, 3.05) is 18.6 Å². The minimum Gasteiger partial charge on any atom is -0.314 e. The van der Waals surface area contributed by atoms with E-state index >= 15 is 0 Å². The fourth-order valence-electron chi connectivity index (χ4n) is 3.39. The van der Waals surface area contributed by atoms with Crippen LogP contribution >= 0.6 is 11.8 Å². The highest BCUT2D eigenvalue weighted by Crippen LogP contribution is 2.32. The third-order valence-electron chi connectivity index (χ3n) is 4.71. The largest absolute Gasteiger partial charge is 0.314 e. The van der Waals surface area contributed by atoms with Gasteiger partial charge in [-0.25, -0.2) is 0 Å². The Morgan fingerprint density at radius 2 is 1.67 bits per heavy atom. The number of benzene rings is 1. The van der Waals surface area contributed by atoms with Gasteiger partial charge in [-0.1, -0.05) is 43.2 Å². The number of thioether (sulfide) groups is 1. The van der Waals surface area contributed by atoms with Gasteiger partial charge < -0.3 is 5.32 Å². The van der Waals surface area contributed by atoms with Gasteiger partial charge in [-0.3, -0.25) is 0 Å². The van der Waals surface area contributed by atoms with E-state index in [-0.39, 0.29) is 0 Å². The zero-order valence-corrected chi connectivity index (χ0v) is 14.3. The van der Waals surface area contributed by atoms with Crippen molar-refractivity contribution < 1.29 is 0 Å². The van der Waals surface area contributed by atoms with Crippen molar-refractivity contribution in [2.24, 2.45) is 0 Å². The van der Waals surface area contributed by atoms with Crippen LogP contribution in [0.5, 0.6) is 0 Å². The minimum atomic E-state index is 0.774. The van der Waals surface area contributed by atoms with Crippen molar-refractivity contribution in [3.63, 3.8) is 0 Å². The molecule has 1 saturated carbocycles. The van der Waals surface area contributed by atoms with Crippen LogP contribution in [0, 0.1) is 0 Å². The van der Waals surface area contributed by atoms with Gasteiger partial charge in [0.1, 0.15) is 0 Å². The SMILES string of the molecule is CSCCCCCCNC1CCC(c2ccccc2)CC1. The van der Waals surface area contributed by atoms with Gasteiger partial charge in [-0.2, -0.15) is 11.8 Å². The van der Waals surface area contributed by atoms with E-state index in [1.165, 1.54) is 63.7 Å². The summed E-state index contributed by atoms with van der Waals surface area (Å²) in [5.74, 6) is 2.13. The molecule has 21 heavy (non-hydrogen) atoms. The average Bonchev–Trinajstić information content (AvgIpc) is 2.55. The summed E-state index contributed by atoms with van der Waals surface area (Å²) in [7, 11) is 0. The molecule has 1 N–H and O–H groups in total. The Morgan fingerprint density at radius 1 is 0.952 bits per heavy atom. The minimum absolute atomic E-state index is 0.774. The number of hydrogen-bond acceptors (Lipinski definition) is 2. The van der Waals surface area contributed by atoms with Crippen LogP contribution in [0.1, 0.15) is 62.8 Å². The normalized spacial score (nSPS) is 22.3. The number of nitrogens with one attached hydrogen (secondary N) is 1. The molecule has 118 valence electrons. The lowest BCUT2D eigenvalue weighted by Gasteiger charge is -2.29. The number of unbranched alkanes of at least 4 members (excludes halogenated alkanes) is 3. The first-order chi connectivity index (χ1) is 10.4. The van der Waals surface area contributed by atoms with E-state index in [0.29, 0.717) is 0 Å². The zero-order valence-electron chi connectivity index (χ0n) is 13.5. The van der Waals surface area contributed by atoms with Crippen molar-refractivity contribution in [1.82, 2.24) is 5.32 Å². The first-order valence-corrected chi connectivity index (χ1v) is 10.1. The van der Waals surface area contributed by atoms with Crippen molar-refractivity contribution in [1.29, 1.82) is 0 Å². The summed E-state index contributed by atoms with van der Waals surface area (Å²) in [4.78, 5) is 0. The van der Waals surface area contributed by atoms with E-state index < -0.39 is 0 Å². The molecule has 0 atom stereocenters. The summed E-state index contributed by atoms with van der Waals surface area (Å²) in [6.45, 7) is 1.22. The van der Waals surface area contributed by atoms with E-state index in [2.05, 4.69) is 41.9 Å².